The third-order valence-corrected chi connectivity index (χ3v) is 3.68. The Labute approximate surface area is 129 Å². The summed E-state index contributed by atoms with van der Waals surface area (Å²) in [5.41, 5.74) is 0.379. The lowest BCUT2D eigenvalue weighted by atomic mass is 10.1. The second-order valence-electron chi connectivity index (χ2n) is 4.91. The van der Waals surface area contributed by atoms with E-state index in [1.54, 1.807) is 35.1 Å². The van der Waals surface area contributed by atoms with Crippen LogP contribution in [0.3, 0.4) is 0 Å². The molecule has 1 amide bonds. The molecule has 0 atom stereocenters. The van der Waals surface area contributed by atoms with Gasteiger partial charge in [0.25, 0.3) is 5.91 Å². The van der Waals surface area contributed by atoms with E-state index in [0.717, 1.165) is 0 Å². The highest BCUT2D eigenvalue weighted by Gasteiger charge is 2.31. The number of pyridine rings is 1. The van der Waals surface area contributed by atoms with E-state index in [4.69, 9.17) is 0 Å². The van der Waals surface area contributed by atoms with Crippen LogP contribution in [-0.4, -0.2) is 39.8 Å². The summed E-state index contributed by atoms with van der Waals surface area (Å²) in [4.78, 5) is 17.7. The maximum Gasteiger partial charge on any atom is 0.272 e. The van der Waals surface area contributed by atoms with E-state index >= 15 is 0 Å². The summed E-state index contributed by atoms with van der Waals surface area (Å²) in [5, 5.41) is 6.90. The highest BCUT2D eigenvalue weighted by Crippen LogP contribution is 2.24. The van der Waals surface area contributed by atoms with Gasteiger partial charge in [0.15, 0.2) is 11.6 Å². The van der Waals surface area contributed by atoms with Crippen molar-refractivity contribution in [1.29, 1.82) is 0 Å². The Hall–Kier alpha value is -1.96. The number of amides is 1. The first-order valence-electron chi connectivity index (χ1n) is 6.39. The minimum Gasteiger partial charge on any atom is -0.350 e. The van der Waals surface area contributed by atoms with Crippen LogP contribution in [0.5, 0.6) is 0 Å². The molecule has 0 aliphatic carbocycles. The molecule has 0 bridgehead atoms. The van der Waals surface area contributed by atoms with Crippen molar-refractivity contribution in [2.24, 2.45) is 7.05 Å². The van der Waals surface area contributed by atoms with Crippen molar-refractivity contribution in [3.8, 4) is 0 Å². The largest absolute Gasteiger partial charge is 0.350 e. The summed E-state index contributed by atoms with van der Waals surface area (Å²) < 4.78 is 15.9. The quantitative estimate of drug-likeness (QED) is 0.904. The lowest BCUT2D eigenvalue weighted by molar-refractivity contribution is 0.0924. The van der Waals surface area contributed by atoms with Gasteiger partial charge in [-0.2, -0.15) is 5.10 Å². The van der Waals surface area contributed by atoms with Crippen LogP contribution < -0.4 is 10.2 Å². The zero-order chi connectivity index (χ0) is 15.0. The van der Waals surface area contributed by atoms with E-state index in [-0.39, 0.29) is 17.8 Å². The Morgan fingerprint density at radius 3 is 2.90 bits per heavy atom. The van der Waals surface area contributed by atoms with Crippen LogP contribution in [0, 0.1) is 5.82 Å². The zero-order valence-corrected chi connectivity index (χ0v) is 12.8. The van der Waals surface area contributed by atoms with E-state index in [0.29, 0.717) is 29.1 Å². The van der Waals surface area contributed by atoms with E-state index in [2.05, 4.69) is 31.3 Å². The number of carbonyl (C=O) groups is 1. The normalized spacial score (nSPS) is 14.9. The first-order chi connectivity index (χ1) is 10.0. The van der Waals surface area contributed by atoms with Crippen molar-refractivity contribution >= 4 is 27.7 Å². The fourth-order valence-corrected chi connectivity index (χ4v) is 2.48. The molecule has 1 saturated heterocycles. The van der Waals surface area contributed by atoms with E-state index in [1.165, 1.54) is 6.07 Å². The summed E-state index contributed by atoms with van der Waals surface area (Å²) in [5.74, 6) is -0.287. The molecule has 0 aromatic carbocycles. The SMILES string of the molecule is Cn1ccc(C(=O)NC2CN(c3ncc(Br)cc3F)C2)n1. The Morgan fingerprint density at radius 1 is 1.52 bits per heavy atom. The molecular formula is C13H13BrFN5O. The van der Waals surface area contributed by atoms with Gasteiger partial charge >= 0.3 is 0 Å². The van der Waals surface area contributed by atoms with Crippen LogP contribution >= 0.6 is 15.9 Å². The molecule has 0 spiro atoms. The van der Waals surface area contributed by atoms with Crippen LogP contribution in [0.25, 0.3) is 0 Å². The van der Waals surface area contributed by atoms with Crippen molar-refractivity contribution in [2.75, 3.05) is 18.0 Å². The molecule has 0 unspecified atom stereocenters. The van der Waals surface area contributed by atoms with Crippen LogP contribution in [0.4, 0.5) is 10.2 Å². The number of nitrogens with zero attached hydrogens (tertiary/aromatic N) is 4. The summed E-state index contributed by atoms with van der Waals surface area (Å²) in [6.45, 7) is 1.06. The van der Waals surface area contributed by atoms with Gasteiger partial charge in [0.05, 0.1) is 6.04 Å². The van der Waals surface area contributed by atoms with Gasteiger partial charge in [0.2, 0.25) is 0 Å². The van der Waals surface area contributed by atoms with Crippen LogP contribution in [-0.2, 0) is 7.05 Å². The Bertz CT molecular complexity index is 683. The highest BCUT2D eigenvalue weighted by atomic mass is 79.9. The summed E-state index contributed by atoms with van der Waals surface area (Å²) in [6.07, 6.45) is 3.27. The topological polar surface area (TPSA) is 63.1 Å². The molecule has 3 rings (SSSR count). The lowest BCUT2D eigenvalue weighted by Crippen LogP contribution is -2.60. The predicted octanol–water partition coefficient (Wildman–Crippen LogP) is 1.34. The van der Waals surface area contributed by atoms with Gasteiger partial charge in [-0.15, -0.1) is 0 Å². The molecule has 1 aliphatic heterocycles. The third kappa shape index (κ3) is 2.90. The average molecular weight is 354 g/mol. The second kappa shape index (κ2) is 5.44. The number of rotatable bonds is 3. The van der Waals surface area contributed by atoms with Crippen LogP contribution in [0.2, 0.25) is 0 Å². The van der Waals surface area contributed by atoms with E-state index in [1.807, 2.05) is 0 Å². The standard InChI is InChI=1S/C13H13BrFN5O/c1-19-3-2-11(18-19)13(21)17-9-6-20(7-9)12-10(15)4-8(14)5-16-12/h2-5,9H,6-7H2,1H3,(H,17,21). The minimum absolute atomic E-state index is 0.0237. The van der Waals surface area contributed by atoms with E-state index < -0.39 is 0 Å². The van der Waals surface area contributed by atoms with Crippen molar-refractivity contribution in [3.63, 3.8) is 0 Å². The first kappa shape index (κ1) is 14.0. The molecule has 1 fully saturated rings. The first-order valence-corrected chi connectivity index (χ1v) is 7.19. The van der Waals surface area contributed by atoms with Crippen LogP contribution in [0.15, 0.2) is 29.0 Å². The third-order valence-electron chi connectivity index (χ3n) is 3.25. The van der Waals surface area contributed by atoms with Gasteiger partial charge < -0.3 is 10.2 Å². The molecule has 0 saturated carbocycles. The maximum absolute atomic E-state index is 13.7. The van der Waals surface area contributed by atoms with E-state index in [9.17, 15) is 9.18 Å². The molecule has 1 aliphatic rings. The number of nitrogens with one attached hydrogen (secondary N) is 1. The number of aromatic nitrogens is 3. The van der Waals surface area contributed by atoms with Gasteiger partial charge in [-0.05, 0) is 28.1 Å². The Kier molecular flexibility index (Phi) is 3.62. The summed E-state index contributed by atoms with van der Waals surface area (Å²) >= 11 is 3.17. The number of hydrogen-bond donors (Lipinski definition) is 1. The number of hydrogen-bond acceptors (Lipinski definition) is 4. The van der Waals surface area contributed by atoms with Crippen molar-refractivity contribution in [2.45, 2.75) is 6.04 Å². The molecule has 3 heterocycles. The zero-order valence-electron chi connectivity index (χ0n) is 11.3. The molecule has 21 heavy (non-hydrogen) atoms. The molecule has 2 aromatic heterocycles. The number of halogens is 2. The van der Waals surface area contributed by atoms with Crippen molar-refractivity contribution in [3.05, 3.63) is 40.5 Å². The minimum atomic E-state index is -0.376. The monoisotopic (exact) mass is 353 g/mol. The predicted molar refractivity (Wildman–Crippen MR) is 78.6 cm³/mol. The molecule has 1 N–H and O–H groups in total. The molecule has 110 valence electrons. The summed E-state index contributed by atoms with van der Waals surface area (Å²) in [7, 11) is 1.75. The second-order valence-corrected chi connectivity index (χ2v) is 5.82. The van der Waals surface area contributed by atoms with Gasteiger partial charge in [0.1, 0.15) is 5.69 Å². The van der Waals surface area contributed by atoms with Crippen molar-refractivity contribution < 1.29 is 9.18 Å². The van der Waals surface area contributed by atoms with Crippen LogP contribution in [0.1, 0.15) is 10.5 Å². The molecule has 6 nitrogen and oxygen atoms in total. The highest BCUT2D eigenvalue weighted by molar-refractivity contribution is 9.10. The Morgan fingerprint density at radius 2 is 2.29 bits per heavy atom. The number of anilines is 1. The number of aryl methyl sites for hydroxylation is 1. The maximum atomic E-state index is 13.7. The van der Waals surface area contributed by atoms with Gasteiger partial charge in [0, 0.05) is 37.0 Å². The smallest absolute Gasteiger partial charge is 0.272 e. The van der Waals surface area contributed by atoms with Crippen molar-refractivity contribution in [1.82, 2.24) is 20.1 Å². The molecular weight excluding hydrogens is 341 g/mol. The van der Waals surface area contributed by atoms with Gasteiger partial charge in [-0.25, -0.2) is 9.37 Å². The number of carbonyl (C=O) groups excluding carboxylic acids is 1. The fraction of sp³-hybridized carbons (Fsp3) is 0.308. The fourth-order valence-electron chi connectivity index (χ4n) is 2.18. The summed E-state index contributed by atoms with van der Waals surface area (Å²) in [6, 6.07) is 3.01. The van der Waals surface area contributed by atoms with Gasteiger partial charge in [-0.1, -0.05) is 0 Å². The Balaban J connectivity index is 1.57. The molecule has 8 heteroatoms. The average Bonchev–Trinajstić information content (AvgIpc) is 2.81. The molecule has 0 radical (unpaired) electrons. The molecule has 2 aromatic rings. The van der Waals surface area contributed by atoms with Gasteiger partial charge in [-0.3, -0.25) is 9.48 Å². The lowest BCUT2D eigenvalue weighted by Gasteiger charge is -2.40.